The second kappa shape index (κ2) is 6.56. The molecule has 0 saturated heterocycles. The molecule has 0 N–H and O–H groups in total. The Labute approximate surface area is 162 Å². The summed E-state index contributed by atoms with van der Waals surface area (Å²) in [7, 11) is 2.05. The molecule has 6 heteroatoms. The van der Waals surface area contributed by atoms with Crippen molar-refractivity contribution < 1.29 is 0 Å². The highest BCUT2D eigenvalue weighted by atomic mass is 16.1. The van der Waals surface area contributed by atoms with Gasteiger partial charge in [0.25, 0.3) is 5.56 Å². The lowest BCUT2D eigenvalue weighted by atomic mass is 9.93. The van der Waals surface area contributed by atoms with E-state index >= 15 is 0 Å². The topological polar surface area (TPSA) is 63.4 Å². The van der Waals surface area contributed by atoms with Crippen LogP contribution in [0.3, 0.4) is 0 Å². The van der Waals surface area contributed by atoms with Gasteiger partial charge in [-0.15, -0.1) is 0 Å². The number of hydrogen-bond donors (Lipinski definition) is 0. The number of fused-ring (bicyclic) bond motifs is 2. The maximum Gasteiger partial charge on any atom is 0.261 e. The zero-order valence-electron chi connectivity index (χ0n) is 15.4. The van der Waals surface area contributed by atoms with Crippen LogP contribution in [0, 0.1) is 0 Å². The fraction of sp³-hybridized carbons (Fsp3) is 0.182. The summed E-state index contributed by atoms with van der Waals surface area (Å²) in [6.07, 6.45) is 13.3. The van der Waals surface area contributed by atoms with E-state index in [1.54, 1.807) is 29.4 Å². The first-order valence-electron chi connectivity index (χ1n) is 9.23. The zero-order chi connectivity index (χ0) is 19.1. The summed E-state index contributed by atoms with van der Waals surface area (Å²) >= 11 is 0. The minimum atomic E-state index is -0.0512. The van der Waals surface area contributed by atoms with Crippen molar-refractivity contribution in [2.45, 2.75) is 18.6 Å². The molecule has 0 saturated carbocycles. The van der Waals surface area contributed by atoms with Crippen LogP contribution in [0.2, 0.25) is 0 Å². The molecule has 2 aromatic heterocycles. The van der Waals surface area contributed by atoms with E-state index in [-0.39, 0.29) is 17.6 Å². The van der Waals surface area contributed by atoms with E-state index in [0.29, 0.717) is 17.4 Å². The summed E-state index contributed by atoms with van der Waals surface area (Å²) in [5.41, 5.74) is 3.98. The van der Waals surface area contributed by atoms with E-state index in [1.165, 1.54) is 5.57 Å². The van der Waals surface area contributed by atoms with E-state index in [9.17, 15) is 4.79 Å². The lowest BCUT2D eigenvalue weighted by molar-refractivity contribution is 0.446. The van der Waals surface area contributed by atoms with Crippen LogP contribution in [0.1, 0.15) is 11.1 Å². The standard InChI is InChI=1S/C22H19N5O/c1-26-13-24-19-7-6-17(10-21(19)26)16-4-2-15(3-5-16)12-27-14-25-20-11-23-9-8-18(20)22(27)28/h2-11,13-14,19,21H,12H2,1H3. The van der Waals surface area contributed by atoms with Crippen molar-refractivity contribution in [3.05, 3.63) is 88.8 Å². The molecule has 3 heterocycles. The molecule has 0 amide bonds. The van der Waals surface area contributed by atoms with Gasteiger partial charge in [-0.1, -0.05) is 42.5 Å². The lowest BCUT2D eigenvalue weighted by Crippen LogP contribution is -2.32. The van der Waals surface area contributed by atoms with Crippen LogP contribution in [-0.4, -0.2) is 44.9 Å². The molecule has 138 valence electrons. The summed E-state index contributed by atoms with van der Waals surface area (Å²) in [6, 6.07) is 10.5. The van der Waals surface area contributed by atoms with Gasteiger partial charge in [-0.05, 0) is 22.8 Å². The first-order chi connectivity index (χ1) is 13.7. The predicted molar refractivity (Wildman–Crippen MR) is 110 cm³/mol. The Morgan fingerprint density at radius 1 is 1.14 bits per heavy atom. The maximum absolute atomic E-state index is 12.6. The van der Waals surface area contributed by atoms with E-state index < -0.39 is 0 Å². The first kappa shape index (κ1) is 16.6. The fourth-order valence-electron chi connectivity index (χ4n) is 3.72. The van der Waals surface area contributed by atoms with Gasteiger partial charge in [0.15, 0.2) is 0 Å². The number of hydrogen-bond acceptors (Lipinski definition) is 5. The maximum atomic E-state index is 12.6. The average molecular weight is 369 g/mol. The van der Waals surface area contributed by atoms with Crippen LogP contribution in [0.5, 0.6) is 0 Å². The van der Waals surface area contributed by atoms with Crippen molar-refractivity contribution in [2.24, 2.45) is 4.99 Å². The van der Waals surface area contributed by atoms with Crippen molar-refractivity contribution in [1.82, 2.24) is 19.4 Å². The third-order valence-corrected chi connectivity index (χ3v) is 5.33. The Balaban J connectivity index is 1.39. The molecular formula is C22H19N5O. The van der Waals surface area contributed by atoms with Crippen molar-refractivity contribution >= 4 is 22.8 Å². The van der Waals surface area contributed by atoms with E-state index in [1.807, 2.05) is 6.34 Å². The smallest absolute Gasteiger partial charge is 0.261 e. The Hall–Kier alpha value is -3.54. The van der Waals surface area contributed by atoms with E-state index in [4.69, 9.17) is 0 Å². The van der Waals surface area contributed by atoms with Crippen molar-refractivity contribution in [1.29, 1.82) is 0 Å². The van der Waals surface area contributed by atoms with E-state index in [2.05, 4.69) is 69.4 Å². The van der Waals surface area contributed by atoms with Crippen LogP contribution in [0.4, 0.5) is 0 Å². The number of allylic oxidation sites excluding steroid dienone is 2. The molecule has 1 aliphatic carbocycles. The molecule has 0 spiro atoms. The third-order valence-electron chi connectivity index (χ3n) is 5.33. The number of nitrogens with zero attached hydrogens (tertiary/aromatic N) is 5. The summed E-state index contributed by atoms with van der Waals surface area (Å²) in [4.78, 5) is 27.6. The minimum Gasteiger partial charge on any atom is -0.357 e. The van der Waals surface area contributed by atoms with E-state index in [0.717, 1.165) is 11.1 Å². The fourth-order valence-corrected chi connectivity index (χ4v) is 3.72. The minimum absolute atomic E-state index is 0.0512. The van der Waals surface area contributed by atoms with Gasteiger partial charge in [-0.3, -0.25) is 19.3 Å². The number of likely N-dealkylation sites (N-methyl/N-ethyl adjacent to an activating group) is 1. The van der Waals surface area contributed by atoms with Crippen LogP contribution in [0.25, 0.3) is 16.5 Å². The second-order valence-corrected chi connectivity index (χ2v) is 7.16. The normalized spacial score (nSPS) is 20.5. The molecule has 2 aliphatic rings. The van der Waals surface area contributed by atoms with Crippen LogP contribution >= 0.6 is 0 Å². The highest BCUT2D eigenvalue weighted by molar-refractivity contribution is 5.78. The number of rotatable bonds is 3. The third kappa shape index (κ3) is 2.83. The van der Waals surface area contributed by atoms with Gasteiger partial charge in [0.1, 0.15) is 0 Å². The average Bonchev–Trinajstić information content (AvgIpc) is 3.11. The number of aromatic nitrogens is 3. The molecule has 3 aromatic rings. The summed E-state index contributed by atoms with van der Waals surface area (Å²) < 4.78 is 1.63. The quantitative estimate of drug-likeness (QED) is 0.712. The first-order valence-corrected chi connectivity index (χ1v) is 9.23. The molecule has 28 heavy (non-hydrogen) atoms. The number of aliphatic imine (C=N–C) groups is 1. The Morgan fingerprint density at radius 3 is 2.86 bits per heavy atom. The largest absolute Gasteiger partial charge is 0.357 e. The van der Waals surface area contributed by atoms with Gasteiger partial charge in [0.2, 0.25) is 0 Å². The molecule has 0 bridgehead atoms. The van der Waals surface area contributed by atoms with Gasteiger partial charge < -0.3 is 4.90 Å². The Morgan fingerprint density at radius 2 is 2.00 bits per heavy atom. The molecule has 0 fully saturated rings. The Bertz CT molecular complexity index is 1190. The highest BCUT2D eigenvalue weighted by Crippen LogP contribution is 2.27. The van der Waals surface area contributed by atoms with Crippen molar-refractivity contribution in [3.63, 3.8) is 0 Å². The molecule has 1 aromatic carbocycles. The molecule has 1 aliphatic heterocycles. The second-order valence-electron chi connectivity index (χ2n) is 7.16. The van der Waals surface area contributed by atoms with Gasteiger partial charge in [-0.2, -0.15) is 0 Å². The van der Waals surface area contributed by atoms with Gasteiger partial charge in [0, 0.05) is 13.2 Å². The molecule has 2 unspecified atom stereocenters. The zero-order valence-corrected chi connectivity index (χ0v) is 15.4. The monoisotopic (exact) mass is 369 g/mol. The van der Waals surface area contributed by atoms with Gasteiger partial charge >= 0.3 is 0 Å². The SMILES string of the molecule is CN1C=NC2C=CC(c3ccc(Cn4cnc5cnccc5c4=O)cc3)=CC21. The highest BCUT2D eigenvalue weighted by Gasteiger charge is 2.27. The summed E-state index contributed by atoms with van der Waals surface area (Å²) in [5.74, 6) is 0. The molecule has 6 nitrogen and oxygen atoms in total. The summed E-state index contributed by atoms with van der Waals surface area (Å²) in [5, 5.41) is 0.587. The molecule has 5 rings (SSSR count). The van der Waals surface area contributed by atoms with Gasteiger partial charge in [-0.25, -0.2) is 4.98 Å². The van der Waals surface area contributed by atoms with Crippen molar-refractivity contribution in [3.8, 4) is 0 Å². The van der Waals surface area contributed by atoms with Crippen LogP contribution in [-0.2, 0) is 6.54 Å². The Kier molecular flexibility index (Phi) is 3.90. The lowest BCUT2D eigenvalue weighted by Gasteiger charge is -2.24. The van der Waals surface area contributed by atoms with Crippen LogP contribution in [0.15, 0.2) is 77.1 Å². The molecule has 2 atom stereocenters. The van der Waals surface area contributed by atoms with Gasteiger partial charge in [0.05, 0.1) is 48.4 Å². The summed E-state index contributed by atoms with van der Waals surface area (Å²) in [6.45, 7) is 0.487. The number of benzene rings is 1. The number of pyridine rings is 1. The molecule has 0 radical (unpaired) electrons. The molecular weight excluding hydrogens is 350 g/mol. The predicted octanol–water partition coefficient (Wildman–Crippen LogP) is 2.50. The van der Waals surface area contributed by atoms with Crippen LogP contribution < -0.4 is 5.56 Å². The van der Waals surface area contributed by atoms with Crippen molar-refractivity contribution in [2.75, 3.05) is 7.05 Å².